The van der Waals surface area contributed by atoms with E-state index in [0.29, 0.717) is 18.7 Å². The highest BCUT2D eigenvalue weighted by Gasteiger charge is 2.12. The minimum absolute atomic E-state index is 0.0832. The minimum Gasteiger partial charge on any atom is -0.385 e. The maximum Gasteiger partial charge on any atom is 0.255 e. The van der Waals surface area contributed by atoms with Gasteiger partial charge in [0.05, 0.1) is 18.2 Å². The van der Waals surface area contributed by atoms with Crippen molar-refractivity contribution >= 4 is 0 Å². The average Bonchev–Trinajstić information content (AvgIpc) is 2.52. The molecule has 0 aliphatic heterocycles. The van der Waals surface area contributed by atoms with E-state index in [9.17, 15) is 4.79 Å². The number of pyridine rings is 1. The van der Waals surface area contributed by atoms with Crippen molar-refractivity contribution in [3.8, 4) is 17.3 Å². The molecule has 0 aliphatic rings. The number of methoxy groups -OCH3 is 1. The molecule has 0 bridgehead atoms. The van der Waals surface area contributed by atoms with E-state index in [-0.39, 0.29) is 12.0 Å². The summed E-state index contributed by atoms with van der Waals surface area (Å²) in [5.74, 6) is 0. The van der Waals surface area contributed by atoms with Gasteiger partial charge in [0.15, 0.2) is 0 Å². The Morgan fingerprint density at radius 2 is 2.00 bits per heavy atom. The van der Waals surface area contributed by atoms with Crippen LogP contribution >= 0.6 is 0 Å². The van der Waals surface area contributed by atoms with Crippen LogP contribution in [0.1, 0.15) is 23.1 Å². The van der Waals surface area contributed by atoms with Crippen molar-refractivity contribution in [3.05, 3.63) is 57.4 Å². The van der Waals surface area contributed by atoms with Crippen LogP contribution in [0.15, 0.2) is 35.1 Å². The quantitative estimate of drug-likeness (QED) is 0.770. The van der Waals surface area contributed by atoms with E-state index in [2.05, 4.69) is 38.1 Å². The maximum absolute atomic E-state index is 12.7. The smallest absolute Gasteiger partial charge is 0.255 e. The van der Waals surface area contributed by atoms with Crippen LogP contribution < -0.4 is 5.56 Å². The van der Waals surface area contributed by atoms with Crippen LogP contribution in [0.5, 0.6) is 0 Å². The Morgan fingerprint density at radius 1 is 1.22 bits per heavy atom. The van der Waals surface area contributed by atoms with Crippen molar-refractivity contribution in [3.63, 3.8) is 0 Å². The molecule has 0 aliphatic carbocycles. The lowest BCUT2D eigenvalue weighted by molar-refractivity contribution is 0.190. The van der Waals surface area contributed by atoms with Gasteiger partial charge in [-0.15, -0.1) is 0 Å². The lowest BCUT2D eigenvalue weighted by atomic mass is 10.0. The third-order valence-electron chi connectivity index (χ3n) is 3.91. The van der Waals surface area contributed by atoms with Gasteiger partial charge in [0.2, 0.25) is 0 Å². The van der Waals surface area contributed by atoms with Crippen LogP contribution in [0, 0.1) is 25.2 Å². The van der Waals surface area contributed by atoms with Crippen LogP contribution in [-0.4, -0.2) is 18.3 Å². The molecule has 0 spiro atoms. The van der Waals surface area contributed by atoms with Gasteiger partial charge in [0.1, 0.15) is 0 Å². The van der Waals surface area contributed by atoms with Crippen LogP contribution in [0.2, 0.25) is 0 Å². The second-order valence-corrected chi connectivity index (χ2v) is 5.70. The maximum atomic E-state index is 12.7. The molecule has 1 aromatic heterocycles. The van der Waals surface area contributed by atoms with Crippen LogP contribution in [0.4, 0.5) is 0 Å². The standard InChI is InChI=1S/C19H22N2O2/c1-14-5-7-17(15(2)13-14)18-8-6-16(9-10-20)19(22)21(18)11-4-12-23-3/h5-8,13H,4,9,11-12H2,1-3H3. The molecule has 1 heterocycles. The summed E-state index contributed by atoms with van der Waals surface area (Å²) in [6, 6.07) is 12.0. The zero-order valence-corrected chi connectivity index (χ0v) is 13.9. The molecule has 0 amide bonds. The monoisotopic (exact) mass is 310 g/mol. The molecule has 23 heavy (non-hydrogen) atoms. The number of rotatable bonds is 6. The summed E-state index contributed by atoms with van der Waals surface area (Å²) in [6.07, 6.45) is 0.889. The highest BCUT2D eigenvalue weighted by molar-refractivity contribution is 5.64. The Morgan fingerprint density at radius 3 is 2.65 bits per heavy atom. The van der Waals surface area contributed by atoms with E-state index >= 15 is 0 Å². The first-order valence-corrected chi connectivity index (χ1v) is 7.74. The van der Waals surface area contributed by atoms with Crippen molar-refractivity contribution in [2.24, 2.45) is 0 Å². The van der Waals surface area contributed by atoms with Crippen molar-refractivity contribution in [1.29, 1.82) is 5.26 Å². The largest absolute Gasteiger partial charge is 0.385 e. The lowest BCUT2D eigenvalue weighted by Crippen LogP contribution is -2.25. The fraction of sp³-hybridized carbons (Fsp3) is 0.368. The molecule has 4 heteroatoms. The third kappa shape index (κ3) is 3.88. The second-order valence-electron chi connectivity index (χ2n) is 5.70. The van der Waals surface area contributed by atoms with E-state index in [1.165, 1.54) is 5.56 Å². The SMILES string of the molecule is COCCCn1c(-c2ccc(C)cc2C)ccc(CC#N)c1=O. The molecule has 2 aromatic rings. The minimum atomic E-state index is -0.0832. The summed E-state index contributed by atoms with van der Waals surface area (Å²) < 4.78 is 6.87. The number of aryl methyl sites for hydroxylation is 2. The Kier molecular flexibility index (Phi) is 5.72. The van der Waals surface area contributed by atoms with E-state index in [4.69, 9.17) is 10.00 Å². The van der Waals surface area contributed by atoms with Gasteiger partial charge in [0, 0.05) is 31.4 Å². The molecule has 0 radical (unpaired) electrons. The first-order chi connectivity index (χ1) is 11.1. The average molecular weight is 310 g/mol. The number of hydrogen-bond donors (Lipinski definition) is 0. The molecule has 1 aromatic carbocycles. The van der Waals surface area contributed by atoms with E-state index < -0.39 is 0 Å². The Labute approximate surface area is 137 Å². The van der Waals surface area contributed by atoms with E-state index in [1.807, 2.05) is 6.07 Å². The number of nitriles is 1. The van der Waals surface area contributed by atoms with Gasteiger partial charge in [-0.2, -0.15) is 5.26 Å². The number of aromatic nitrogens is 1. The van der Waals surface area contributed by atoms with Gasteiger partial charge in [-0.25, -0.2) is 0 Å². The number of nitrogens with zero attached hydrogens (tertiary/aromatic N) is 2. The second kappa shape index (κ2) is 7.75. The molecule has 0 saturated carbocycles. The zero-order valence-electron chi connectivity index (χ0n) is 13.9. The predicted octanol–water partition coefficient (Wildman–Crippen LogP) is 3.23. The Balaban J connectivity index is 2.55. The van der Waals surface area contributed by atoms with Gasteiger partial charge in [-0.05, 0) is 31.9 Å². The molecule has 120 valence electrons. The van der Waals surface area contributed by atoms with Gasteiger partial charge < -0.3 is 9.30 Å². The molecular formula is C19H22N2O2. The fourth-order valence-electron chi connectivity index (χ4n) is 2.77. The molecule has 0 atom stereocenters. The predicted molar refractivity (Wildman–Crippen MR) is 91.4 cm³/mol. The topological polar surface area (TPSA) is 55.0 Å². The van der Waals surface area contributed by atoms with Gasteiger partial charge in [-0.3, -0.25) is 4.79 Å². The highest BCUT2D eigenvalue weighted by atomic mass is 16.5. The van der Waals surface area contributed by atoms with Gasteiger partial charge in [0.25, 0.3) is 5.56 Å². The zero-order chi connectivity index (χ0) is 16.8. The third-order valence-corrected chi connectivity index (χ3v) is 3.91. The molecule has 0 N–H and O–H groups in total. The van der Waals surface area contributed by atoms with E-state index in [1.54, 1.807) is 17.7 Å². The Hall–Kier alpha value is -2.38. The summed E-state index contributed by atoms with van der Waals surface area (Å²) in [6.45, 7) is 5.28. The van der Waals surface area contributed by atoms with Gasteiger partial charge >= 0.3 is 0 Å². The molecule has 4 nitrogen and oxygen atoms in total. The number of ether oxygens (including phenoxy) is 1. The summed E-state index contributed by atoms with van der Waals surface area (Å²) >= 11 is 0. The van der Waals surface area contributed by atoms with E-state index in [0.717, 1.165) is 23.2 Å². The van der Waals surface area contributed by atoms with Crippen LogP contribution in [0.3, 0.4) is 0 Å². The molecule has 0 fully saturated rings. The van der Waals surface area contributed by atoms with Crippen molar-refractivity contribution in [1.82, 2.24) is 4.57 Å². The van der Waals surface area contributed by atoms with Crippen LogP contribution in [0.25, 0.3) is 11.3 Å². The lowest BCUT2D eigenvalue weighted by Gasteiger charge is -2.16. The Bertz CT molecular complexity index is 785. The summed E-state index contributed by atoms with van der Waals surface area (Å²) in [4.78, 5) is 12.7. The highest BCUT2D eigenvalue weighted by Crippen LogP contribution is 2.24. The van der Waals surface area contributed by atoms with Crippen molar-refractivity contribution < 1.29 is 4.74 Å². The van der Waals surface area contributed by atoms with Crippen LogP contribution in [-0.2, 0) is 17.7 Å². The fourth-order valence-corrected chi connectivity index (χ4v) is 2.77. The molecule has 0 saturated heterocycles. The number of hydrogen-bond acceptors (Lipinski definition) is 3. The van der Waals surface area contributed by atoms with Gasteiger partial charge in [-0.1, -0.05) is 29.8 Å². The first-order valence-electron chi connectivity index (χ1n) is 7.74. The molecular weight excluding hydrogens is 288 g/mol. The number of benzene rings is 1. The molecule has 0 unspecified atom stereocenters. The van der Waals surface area contributed by atoms with Crippen molar-refractivity contribution in [2.75, 3.05) is 13.7 Å². The summed E-state index contributed by atoms with van der Waals surface area (Å²) in [7, 11) is 1.65. The summed E-state index contributed by atoms with van der Waals surface area (Å²) in [5.41, 5.74) is 4.73. The first kappa shape index (κ1) is 17.0. The van der Waals surface area contributed by atoms with Crippen molar-refractivity contribution in [2.45, 2.75) is 33.2 Å². The summed E-state index contributed by atoms with van der Waals surface area (Å²) in [5, 5.41) is 8.89. The molecule has 2 rings (SSSR count). The normalized spacial score (nSPS) is 10.5.